The van der Waals surface area contributed by atoms with Gasteiger partial charge < -0.3 is 19.8 Å². The Morgan fingerprint density at radius 2 is 2.24 bits per heavy atom. The first-order valence-electron chi connectivity index (χ1n) is 6.71. The zero-order chi connectivity index (χ0) is 15.4. The number of nitrogen functional groups attached to an aromatic ring is 1. The number of imidazole rings is 1. The van der Waals surface area contributed by atoms with E-state index in [0.717, 1.165) is 0 Å². The lowest BCUT2D eigenvalue weighted by atomic mass is 10.2. The minimum atomic E-state index is -0.485. The number of nitrogens with zero attached hydrogens (tertiary/aromatic N) is 2. The summed E-state index contributed by atoms with van der Waals surface area (Å²) in [6.07, 6.45) is 0.861. The van der Waals surface area contributed by atoms with E-state index < -0.39 is 5.82 Å². The molecule has 1 aromatic heterocycles. The van der Waals surface area contributed by atoms with Gasteiger partial charge in [-0.2, -0.15) is 0 Å². The van der Waals surface area contributed by atoms with Crippen LogP contribution in [0.1, 0.15) is 19.8 Å². The molecule has 2 aromatic rings. The van der Waals surface area contributed by atoms with Crippen molar-refractivity contribution in [3.05, 3.63) is 17.9 Å². The monoisotopic (exact) mass is 295 g/mol. The Morgan fingerprint density at radius 3 is 2.90 bits per heavy atom. The van der Waals surface area contributed by atoms with Crippen LogP contribution in [0.25, 0.3) is 11.0 Å². The van der Waals surface area contributed by atoms with Crippen molar-refractivity contribution in [1.82, 2.24) is 9.55 Å². The molecule has 0 fully saturated rings. The van der Waals surface area contributed by atoms with E-state index >= 15 is 0 Å². The third-order valence-corrected chi connectivity index (χ3v) is 3.12. The fourth-order valence-corrected chi connectivity index (χ4v) is 2.15. The van der Waals surface area contributed by atoms with Crippen molar-refractivity contribution in [2.45, 2.75) is 26.3 Å². The number of fused-ring (bicyclic) bond motifs is 1. The Morgan fingerprint density at radius 1 is 1.48 bits per heavy atom. The van der Waals surface area contributed by atoms with Gasteiger partial charge in [0, 0.05) is 25.1 Å². The van der Waals surface area contributed by atoms with Crippen LogP contribution in [-0.4, -0.2) is 29.2 Å². The van der Waals surface area contributed by atoms with Crippen LogP contribution >= 0.6 is 0 Å². The summed E-state index contributed by atoms with van der Waals surface area (Å²) >= 11 is 0. The Kier molecular flexibility index (Phi) is 4.62. The second kappa shape index (κ2) is 6.43. The smallest absolute Gasteiger partial charge is 0.305 e. The van der Waals surface area contributed by atoms with Crippen molar-refractivity contribution >= 4 is 23.0 Å². The van der Waals surface area contributed by atoms with Crippen LogP contribution in [0.2, 0.25) is 0 Å². The van der Waals surface area contributed by atoms with E-state index in [1.165, 1.54) is 13.2 Å². The summed E-state index contributed by atoms with van der Waals surface area (Å²) in [4.78, 5) is 15.4. The summed E-state index contributed by atoms with van der Waals surface area (Å²) in [6.45, 7) is 2.63. The van der Waals surface area contributed by atoms with Crippen molar-refractivity contribution in [1.29, 1.82) is 0 Å². The molecule has 2 N–H and O–H groups in total. The Labute approximate surface area is 121 Å². The number of anilines is 1. The Hall–Kier alpha value is -2.31. The van der Waals surface area contributed by atoms with Gasteiger partial charge in [0.05, 0.1) is 24.8 Å². The second-order valence-corrected chi connectivity index (χ2v) is 4.51. The number of methoxy groups -OCH3 is 1. The lowest BCUT2D eigenvalue weighted by molar-refractivity contribution is -0.143. The number of carbonyl (C=O) groups excluding carboxylic acids is 1. The highest BCUT2D eigenvalue weighted by Crippen LogP contribution is 2.26. The van der Waals surface area contributed by atoms with E-state index in [9.17, 15) is 9.18 Å². The van der Waals surface area contributed by atoms with Gasteiger partial charge in [-0.1, -0.05) is 0 Å². The Bertz CT molecular complexity index is 654. The maximum Gasteiger partial charge on any atom is 0.305 e. The lowest BCUT2D eigenvalue weighted by Crippen LogP contribution is -2.08. The van der Waals surface area contributed by atoms with E-state index in [2.05, 4.69) is 4.98 Å². The first-order valence-corrected chi connectivity index (χ1v) is 6.71. The standard InChI is InChI=1S/C14H18FN3O3/c1-3-21-13(19)5-4-6-18-11-8-12(20-2)9(15)7-10(11)17-14(18)16/h7-8H,3-6H2,1-2H3,(H2,16,17). The van der Waals surface area contributed by atoms with Crippen LogP contribution in [0.4, 0.5) is 10.3 Å². The van der Waals surface area contributed by atoms with Gasteiger partial charge in [0.2, 0.25) is 5.95 Å². The molecule has 1 heterocycles. The lowest BCUT2D eigenvalue weighted by Gasteiger charge is -2.07. The zero-order valence-electron chi connectivity index (χ0n) is 12.1. The number of rotatable bonds is 6. The molecule has 0 aliphatic rings. The SMILES string of the molecule is CCOC(=O)CCCn1c(N)nc2cc(F)c(OC)cc21. The molecular weight excluding hydrogens is 277 g/mol. The molecule has 2 rings (SSSR count). The minimum Gasteiger partial charge on any atom is -0.494 e. The summed E-state index contributed by atoms with van der Waals surface area (Å²) in [5.41, 5.74) is 6.98. The first kappa shape index (κ1) is 15.1. The molecule has 0 saturated heterocycles. The molecule has 6 nitrogen and oxygen atoms in total. The normalized spacial score (nSPS) is 10.8. The number of nitrogens with two attached hydrogens (primary N) is 1. The molecule has 0 atom stereocenters. The van der Waals surface area contributed by atoms with Crippen molar-refractivity contribution in [3.8, 4) is 5.75 Å². The van der Waals surface area contributed by atoms with Crippen LogP contribution in [0.15, 0.2) is 12.1 Å². The number of carbonyl (C=O) groups is 1. The predicted octanol–water partition coefficient (Wildman–Crippen LogP) is 2.11. The summed E-state index contributed by atoms with van der Waals surface area (Å²) in [5, 5.41) is 0. The molecule has 0 amide bonds. The van der Waals surface area contributed by atoms with Gasteiger partial charge in [-0.25, -0.2) is 9.37 Å². The summed E-state index contributed by atoms with van der Waals surface area (Å²) in [7, 11) is 1.40. The number of hydrogen-bond donors (Lipinski definition) is 1. The zero-order valence-corrected chi connectivity index (χ0v) is 12.1. The maximum absolute atomic E-state index is 13.6. The molecular formula is C14H18FN3O3. The van der Waals surface area contributed by atoms with Crippen molar-refractivity contribution < 1.29 is 18.7 Å². The molecule has 0 spiro atoms. The number of ether oxygens (including phenoxy) is 2. The highest BCUT2D eigenvalue weighted by molar-refractivity contribution is 5.80. The number of esters is 1. The van der Waals surface area contributed by atoms with Gasteiger partial charge in [0.25, 0.3) is 0 Å². The molecule has 0 radical (unpaired) electrons. The molecule has 7 heteroatoms. The summed E-state index contributed by atoms with van der Waals surface area (Å²) in [6, 6.07) is 2.84. The van der Waals surface area contributed by atoms with Crippen molar-refractivity contribution in [2.24, 2.45) is 0 Å². The quantitative estimate of drug-likeness (QED) is 0.826. The molecule has 1 aromatic carbocycles. The van der Waals surface area contributed by atoms with Gasteiger partial charge in [0.15, 0.2) is 11.6 Å². The average molecular weight is 295 g/mol. The third kappa shape index (κ3) is 3.24. The largest absolute Gasteiger partial charge is 0.494 e. The van der Waals surface area contributed by atoms with E-state index in [-0.39, 0.29) is 17.7 Å². The van der Waals surface area contributed by atoms with Crippen molar-refractivity contribution in [3.63, 3.8) is 0 Å². The van der Waals surface area contributed by atoms with Gasteiger partial charge in [-0.15, -0.1) is 0 Å². The fraction of sp³-hybridized carbons (Fsp3) is 0.429. The first-order chi connectivity index (χ1) is 10.1. The van der Waals surface area contributed by atoms with E-state index in [1.54, 1.807) is 17.6 Å². The van der Waals surface area contributed by atoms with Crippen LogP contribution < -0.4 is 10.5 Å². The van der Waals surface area contributed by atoms with Crippen LogP contribution in [0, 0.1) is 5.82 Å². The topological polar surface area (TPSA) is 79.4 Å². The van der Waals surface area contributed by atoms with Crippen LogP contribution in [0.3, 0.4) is 0 Å². The fourth-order valence-electron chi connectivity index (χ4n) is 2.15. The second-order valence-electron chi connectivity index (χ2n) is 4.51. The van der Waals surface area contributed by atoms with E-state index in [4.69, 9.17) is 15.2 Å². The predicted molar refractivity (Wildman–Crippen MR) is 76.5 cm³/mol. The third-order valence-electron chi connectivity index (χ3n) is 3.12. The summed E-state index contributed by atoms with van der Waals surface area (Å²) < 4.78 is 25.2. The van der Waals surface area contributed by atoms with Gasteiger partial charge in [-0.05, 0) is 13.3 Å². The van der Waals surface area contributed by atoms with Gasteiger partial charge in [-0.3, -0.25) is 4.79 Å². The number of hydrogen-bond acceptors (Lipinski definition) is 5. The average Bonchev–Trinajstić information content (AvgIpc) is 2.73. The minimum absolute atomic E-state index is 0.133. The molecule has 21 heavy (non-hydrogen) atoms. The molecule has 0 bridgehead atoms. The molecule has 0 unspecified atom stereocenters. The summed E-state index contributed by atoms with van der Waals surface area (Å²) in [5.74, 6) is -0.319. The number of halogens is 1. The van der Waals surface area contributed by atoms with Crippen LogP contribution in [-0.2, 0) is 16.1 Å². The molecule has 0 saturated carbocycles. The molecule has 0 aliphatic heterocycles. The van der Waals surface area contributed by atoms with Gasteiger partial charge in [0.1, 0.15) is 0 Å². The maximum atomic E-state index is 13.6. The highest BCUT2D eigenvalue weighted by Gasteiger charge is 2.13. The number of aromatic nitrogens is 2. The van der Waals surface area contributed by atoms with Gasteiger partial charge >= 0.3 is 5.97 Å². The molecule has 0 aliphatic carbocycles. The highest BCUT2D eigenvalue weighted by atomic mass is 19.1. The van der Waals surface area contributed by atoms with E-state index in [1.807, 2.05) is 0 Å². The van der Waals surface area contributed by atoms with E-state index in [0.29, 0.717) is 37.0 Å². The number of aryl methyl sites for hydroxylation is 1. The number of benzene rings is 1. The Balaban J connectivity index is 2.19. The van der Waals surface area contributed by atoms with Crippen LogP contribution in [0.5, 0.6) is 5.75 Å². The van der Waals surface area contributed by atoms with Crippen molar-refractivity contribution in [2.75, 3.05) is 19.5 Å². The molecule has 114 valence electrons.